The summed E-state index contributed by atoms with van der Waals surface area (Å²) in [4.78, 5) is 38.1. The lowest BCUT2D eigenvalue weighted by Gasteiger charge is -2.22. The molecule has 7 heteroatoms. The van der Waals surface area contributed by atoms with Crippen molar-refractivity contribution in [3.63, 3.8) is 0 Å². The van der Waals surface area contributed by atoms with Crippen LogP contribution in [0, 0.1) is 0 Å². The maximum atomic E-state index is 12.2. The number of nitrogens with one attached hydrogen (secondary N) is 1. The number of hydrogen-bond donors (Lipinski definition) is 1. The van der Waals surface area contributed by atoms with Gasteiger partial charge in [-0.05, 0) is 50.1 Å². The molecule has 112 valence electrons. The van der Waals surface area contributed by atoms with Gasteiger partial charge in [-0.15, -0.1) is 11.3 Å². The Hall–Kier alpha value is -1.60. The second-order valence-corrected chi connectivity index (χ2v) is 7.55. The summed E-state index contributed by atoms with van der Waals surface area (Å²) in [5, 5.41) is 4.22. The largest absolute Gasteiger partial charge is 0.350 e. The maximum absolute atomic E-state index is 12.2. The predicted octanol–water partition coefficient (Wildman–Crippen LogP) is 2.70. The highest BCUT2D eigenvalue weighted by Crippen LogP contribution is 2.32. The van der Waals surface area contributed by atoms with Crippen molar-refractivity contribution in [2.24, 2.45) is 0 Å². The molecule has 1 aliphatic rings. The Morgan fingerprint density at radius 1 is 1.38 bits per heavy atom. The molecule has 5 nitrogen and oxygen atoms in total. The van der Waals surface area contributed by atoms with Gasteiger partial charge in [-0.1, -0.05) is 6.07 Å². The minimum atomic E-state index is -0.414. The van der Waals surface area contributed by atoms with Crippen LogP contribution in [0.5, 0.6) is 0 Å². The van der Waals surface area contributed by atoms with Gasteiger partial charge in [0.2, 0.25) is 5.91 Å². The molecule has 1 N–H and O–H groups in total. The SMILES string of the molecule is CC(C)(C)NC(=O)CN1C(=O)S/C(=C\c2cccs2)C1=O. The fraction of sp³-hybridized carbons (Fsp3) is 0.357. The first kappa shape index (κ1) is 15.8. The number of hydrogen-bond acceptors (Lipinski definition) is 5. The highest BCUT2D eigenvalue weighted by atomic mass is 32.2. The van der Waals surface area contributed by atoms with E-state index >= 15 is 0 Å². The van der Waals surface area contributed by atoms with Crippen molar-refractivity contribution in [1.29, 1.82) is 0 Å². The number of thioether (sulfide) groups is 1. The molecular weight excluding hydrogens is 308 g/mol. The number of carbonyl (C=O) groups excluding carboxylic acids is 3. The molecule has 1 fully saturated rings. The normalized spacial score (nSPS) is 17.7. The minimum Gasteiger partial charge on any atom is -0.350 e. The Labute approximate surface area is 131 Å². The zero-order valence-corrected chi connectivity index (χ0v) is 13.6. The van der Waals surface area contributed by atoms with E-state index in [-0.39, 0.29) is 12.5 Å². The zero-order valence-electron chi connectivity index (χ0n) is 12.0. The van der Waals surface area contributed by atoms with E-state index in [1.807, 2.05) is 38.3 Å². The molecule has 0 atom stereocenters. The third kappa shape index (κ3) is 4.18. The Balaban J connectivity index is 2.07. The molecule has 2 heterocycles. The second kappa shape index (κ2) is 6.03. The van der Waals surface area contributed by atoms with Crippen molar-refractivity contribution >= 4 is 46.2 Å². The topological polar surface area (TPSA) is 66.5 Å². The summed E-state index contributed by atoms with van der Waals surface area (Å²) in [6.45, 7) is 5.28. The highest BCUT2D eigenvalue weighted by molar-refractivity contribution is 8.18. The fourth-order valence-corrected chi connectivity index (χ4v) is 3.30. The first-order chi connectivity index (χ1) is 9.76. The predicted molar refractivity (Wildman–Crippen MR) is 84.9 cm³/mol. The highest BCUT2D eigenvalue weighted by Gasteiger charge is 2.36. The van der Waals surface area contributed by atoms with E-state index in [1.165, 1.54) is 11.3 Å². The number of carbonyl (C=O) groups is 3. The third-order valence-corrected chi connectivity index (χ3v) is 4.23. The van der Waals surface area contributed by atoms with Crippen LogP contribution in [-0.2, 0) is 9.59 Å². The number of rotatable bonds is 3. The fourth-order valence-electron chi connectivity index (χ4n) is 1.74. The van der Waals surface area contributed by atoms with Crippen LogP contribution in [0.15, 0.2) is 22.4 Å². The quantitative estimate of drug-likeness (QED) is 0.868. The average Bonchev–Trinajstić information content (AvgIpc) is 2.92. The van der Waals surface area contributed by atoms with E-state index in [0.717, 1.165) is 21.5 Å². The average molecular weight is 324 g/mol. The molecule has 3 amide bonds. The smallest absolute Gasteiger partial charge is 0.294 e. The molecule has 0 unspecified atom stereocenters. The Morgan fingerprint density at radius 3 is 2.67 bits per heavy atom. The summed E-state index contributed by atoms with van der Waals surface area (Å²) in [6.07, 6.45) is 1.68. The number of amides is 3. The monoisotopic (exact) mass is 324 g/mol. The van der Waals surface area contributed by atoms with Gasteiger partial charge in [-0.2, -0.15) is 0 Å². The lowest BCUT2D eigenvalue weighted by atomic mass is 10.1. The van der Waals surface area contributed by atoms with E-state index in [1.54, 1.807) is 6.08 Å². The van der Waals surface area contributed by atoms with Gasteiger partial charge in [0, 0.05) is 10.4 Å². The zero-order chi connectivity index (χ0) is 15.6. The van der Waals surface area contributed by atoms with Crippen molar-refractivity contribution in [3.8, 4) is 0 Å². The van der Waals surface area contributed by atoms with Crippen molar-refractivity contribution in [2.45, 2.75) is 26.3 Å². The Morgan fingerprint density at radius 2 is 2.10 bits per heavy atom. The van der Waals surface area contributed by atoms with E-state index in [2.05, 4.69) is 5.32 Å². The van der Waals surface area contributed by atoms with Crippen LogP contribution in [0.4, 0.5) is 4.79 Å². The number of imide groups is 1. The van der Waals surface area contributed by atoms with Crippen LogP contribution in [-0.4, -0.2) is 34.0 Å². The van der Waals surface area contributed by atoms with Gasteiger partial charge in [0.15, 0.2) is 0 Å². The lowest BCUT2D eigenvalue weighted by Crippen LogP contribution is -2.46. The molecule has 0 bridgehead atoms. The molecule has 2 rings (SSSR count). The van der Waals surface area contributed by atoms with Crippen LogP contribution in [0.2, 0.25) is 0 Å². The van der Waals surface area contributed by atoms with E-state index in [9.17, 15) is 14.4 Å². The molecule has 1 aromatic rings. The van der Waals surface area contributed by atoms with Crippen molar-refractivity contribution < 1.29 is 14.4 Å². The van der Waals surface area contributed by atoms with E-state index < -0.39 is 16.7 Å². The van der Waals surface area contributed by atoms with Crippen LogP contribution < -0.4 is 5.32 Å². The molecule has 0 aromatic carbocycles. The van der Waals surface area contributed by atoms with Gasteiger partial charge in [-0.3, -0.25) is 19.3 Å². The van der Waals surface area contributed by atoms with Gasteiger partial charge >= 0.3 is 0 Å². The van der Waals surface area contributed by atoms with Gasteiger partial charge in [-0.25, -0.2) is 0 Å². The van der Waals surface area contributed by atoms with Gasteiger partial charge in [0.05, 0.1) is 4.91 Å². The van der Waals surface area contributed by atoms with Crippen molar-refractivity contribution in [2.75, 3.05) is 6.54 Å². The third-order valence-electron chi connectivity index (χ3n) is 2.51. The summed E-state index contributed by atoms with van der Waals surface area (Å²) >= 11 is 2.35. The van der Waals surface area contributed by atoms with Crippen LogP contribution in [0.25, 0.3) is 6.08 Å². The first-order valence-corrected chi connectivity index (χ1v) is 8.06. The number of thiophene rings is 1. The lowest BCUT2D eigenvalue weighted by molar-refractivity contribution is -0.130. The summed E-state index contributed by atoms with van der Waals surface area (Å²) in [6, 6.07) is 3.74. The Bertz CT molecular complexity index is 600. The van der Waals surface area contributed by atoms with Gasteiger partial charge < -0.3 is 5.32 Å². The van der Waals surface area contributed by atoms with Crippen LogP contribution in [0.3, 0.4) is 0 Å². The summed E-state index contributed by atoms with van der Waals surface area (Å²) in [7, 11) is 0. The molecule has 0 aliphatic carbocycles. The molecule has 0 radical (unpaired) electrons. The molecule has 1 aliphatic heterocycles. The van der Waals surface area contributed by atoms with Crippen molar-refractivity contribution in [1.82, 2.24) is 10.2 Å². The molecule has 0 saturated carbocycles. The Kier molecular flexibility index (Phi) is 4.53. The van der Waals surface area contributed by atoms with Gasteiger partial charge in [0.25, 0.3) is 11.1 Å². The van der Waals surface area contributed by atoms with E-state index in [4.69, 9.17) is 0 Å². The van der Waals surface area contributed by atoms with Crippen LogP contribution >= 0.6 is 23.1 Å². The standard InChI is InChI=1S/C14H16N2O3S2/c1-14(2,3)15-11(17)8-16-12(18)10(21-13(16)19)7-9-5-4-6-20-9/h4-7H,8H2,1-3H3,(H,15,17)/b10-7-. The van der Waals surface area contributed by atoms with Crippen LogP contribution in [0.1, 0.15) is 25.6 Å². The summed E-state index contributed by atoms with van der Waals surface area (Å²) in [5.41, 5.74) is -0.397. The molecular formula is C14H16N2O3S2. The summed E-state index contributed by atoms with van der Waals surface area (Å²) < 4.78 is 0. The summed E-state index contributed by atoms with van der Waals surface area (Å²) in [5.74, 6) is -0.760. The number of nitrogens with zero attached hydrogens (tertiary/aromatic N) is 1. The molecule has 1 aromatic heterocycles. The molecule has 1 saturated heterocycles. The maximum Gasteiger partial charge on any atom is 0.294 e. The van der Waals surface area contributed by atoms with Gasteiger partial charge in [0.1, 0.15) is 6.54 Å². The van der Waals surface area contributed by atoms with E-state index in [0.29, 0.717) is 4.91 Å². The minimum absolute atomic E-state index is 0.246. The molecule has 0 spiro atoms. The van der Waals surface area contributed by atoms with Crippen molar-refractivity contribution in [3.05, 3.63) is 27.3 Å². The second-order valence-electron chi connectivity index (χ2n) is 5.58. The molecule has 21 heavy (non-hydrogen) atoms. The first-order valence-electron chi connectivity index (χ1n) is 6.36.